The van der Waals surface area contributed by atoms with E-state index in [0.29, 0.717) is 6.54 Å². The van der Waals surface area contributed by atoms with Gasteiger partial charge in [-0.05, 0) is 45.5 Å². The van der Waals surface area contributed by atoms with Crippen molar-refractivity contribution in [3.63, 3.8) is 0 Å². The van der Waals surface area contributed by atoms with Crippen molar-refractivity contribution >= 4 is 15.8 Å². The van der Waals surface area contributed by atoms with Crippen molar-refractivity contribution in [2.24, 2.45) is 0 Å². The summed E-state index contributed by atoms with van der Waals surface area (Å²) in [5.41, 5.74) is 5.63. The molecule has 1 aliphatic rings. The number of hydrogen-bond donors (Lipinski definition) is 1. The molecule has 1 aliphatic carbocycles. The first-order valence-corrected chi connectivity index (χ1v) is 8.08. The highest BCUT2D eigenvalue weighted by atomic mass is 32.2. The summed E-state index contributed by atoms with van der Waals surface area (Å²) in [4.78, 5) is 6.05. The first-order chi connectivity index (χ1) is 9.29. The molecule has 20 heavy (non-hydrogen) atoms. The lowest BCUT2D eigenvalue weighted by Gasteiger charge is -2.48. The summed E-state index contributed by atoms with van der Waals surface area (Å²) >= 11 is 0. The van der Waals surface area contributed by atoms with E-state index in [1.807, 2.05) is 14.1 Å². The van der Waals surface area contributed by atoms with Gasteiger partial charge >= 0.3 is 0 Å². The van der Waals surface area contributed by atoms with Crippen molar-refractivity contribution in [3.8, 4) is 0 Å². The minimum Gasteiger partial charge on any atom is -0.383 e. The second kappa shape index (κ2) is 5.31. The van der Waals surface area contributed by atoms with Gasteiger partial charge in [0.15, 0.2) is 0 Å². The van der Waals surface area contributed by atoms with Gasteiger partial charge in [-0.15, -0.1) is 0 Å². The molecule has 2 rings (SSSR count). The standard InChI is InChI=1S/C13H22N4O2S/c1-16(2)13(7-5-8-13)10-17(3)20(18,19)11-6-4-9-15-12(11)14/h4,6,9H,5,7-8,10H2,1-3H3,(H2,14,15). The van der Waals surface area contributed by atoms with Gasteiger partial charge in [0.2, 0.25) is 10.0 Å². The maximum Gasteiger partial charge on any atom is 0.246 e. The SMILES string of the molecule is CN(C)C1(CN(C)S(=O)(=O)c2cccnc2N)CCC1. The molecule has 0 unspecified atom stereocenters. The van der Waals surface area contributed by atoms with Crippen molar-refractivity contribution in [2.45, 2.75) is 29.7 Å². The predicted molar refractivity (Wildman–Crippen MR) is 78.7 cm³/mol. The Balaban J connectivity index is 2.24. The van der Waals surface area contributed by atoms with Crippen LogP contribution in [0.4, 0.5) is 5.82 Å². The van der Waals surface area contributed by atoms with Crippen LogP contribution in [-0.4, -0.2) is 55.8 Å². The average molecular weight is 298 g/mol. The van der Waals surface area contributed by atoms with Gasteiger partial charge in [0, 0.05) is 25.3 Å². The largest absolute Gasteiger partial charge is 0.383 e. The van der Waals surface area contributed by atoms with E-state index in [9.17, 15) is 8.42 Å². The zero-order valence-electron chi connectivity index (χ0n) is 12.2. The molecule has 6 nitrogen and oxygen atoms in total. The number of nitrogens with two attached hydrogens (primary N) is 1. The van der Waals surface area contributed by atoms with E-state index in [0.717, 1.165) is 19.3 Å². The van der Waals surface area contributed by atoms with Crippen LogP contribution in [0.25, 0.3) is 0 Å². The number of anilines is 1. The Morgan fingerprint density at radius 2 is 2.00 bits per heavy atom. The quantitative estimate of drug-likeness (QED) is 0.868. The molecule has 1 saturated carbocycles. The van der Waals surface area contributed by atoms with Crippen LogP contribution in [0.5, 0.6) is 0 Å². The Kier molecular flexibility index (Phi) is 4.04. The highest BCUT2D eigenvalue weighted by Gasteiger charge is 2.42. The summed E-state index contributed by atoms with van der Waals surface area (Å²) in [7, 11) is 2.01. The molecule has 0 radical (unpaired) electrons. The minimum atomic E-state index is -3.59. The van der Waals surface area contributed by atoms with Gasteiger partial charge in [-0.25, -0.2) is 13.4 Å². The van der Waals surface area contributed by atoms with E-state index in [4.69, 9.17) is 5.73 Å². The molecule has 2 N–H and O–H groups in total. The predicted octanol–water partition coefficient (Wildman–Crippen LogP) is 0.769. The van der Waals surface area contributed by atoms with Crippen molar-refractivity contribution in [3.05, 3.63) is 18.3 Å². The normalized spacial score (nSPS) is 18.2. The second-order valence-corrected chi connectivity index (χ2v) is 7.63. The number of pyridine rings is 1. The molecule has 0 bridgehead atoms. The maximum atomic E-state index is 12.6. The number of rotatable bonds is 5. The second-order valence-electron chi connectivity index (χ2n) is 5.62. The average Bonchev–Trinajstić information content (AvgIpc) is 2.33. The lowest BCUT2D eigenvalue weighted by molar-refractivity contribution is 0.0455. The van der Waals surface area contributed by atoms with Crippen molar-refractivity contribution < 1.29 is 8.42 Å². The molecule has 1 heterocycles. The van der Waals surface area contributed by atoms with Crippen molar-refractivity contribution in [1.82, 2.24) is 14.2 Å². The minimum absolute atomic E-state index is 0.0480. The topological polar surface area (TPSA) is 79.5 Å². The third kappa shape index (κ3) is 2.53. The number of hydrogen-bond acceptors (Lipinski definition) is 5. The van der Waals surface area contributed by atoms with Gasteiger partial charge in [0.05, 0.1) is 0 Å². The van der Waals surface area contributed by atoms with Crippen molar-refractivity contribution in [1.29, 1.82) is 0 Å². The molecule has 0 amide bonds. The van der Waals surface area contributed by atoms with Crippen molar-refractivity contribution in [2.75, 3.05) is 33.4 Å². The molecule has 0 aliphatic heterocycles. The van der Waals surface area contributed by atoms with Crippen LogP contribution in [0.1, 0.15) is 19.3 Å². The summed E-state index contributed by atoms with van der Waals surface area (Å²) in [6, 6.07) is 3.08. The fourth-order valence-electron chi connectivity index (χ4n) is 2.62. The summed E-state index contributed by atoms with van der Waals surface area (Å²) in [5, 5.41) is 0. The van der Waals surface area contributed by atoms with Crippen LogP contribution in [0, 0.1) is 0 Å². The van der Waals surface area contributed by atoms with E-state index < -0.39 is 10.0 Å². The van der Waals surface area contributed by atoms with Gasteiger partial charge < -0.3 is 10.6 Å². The van der Waals surface area contributed by atoms with Gasteiger partial charge in [0.1, 0.15) is 10.7 Å². The lowest BCUT2D eigenvalue weighted by Crippen LogP contribution is -2.57. The highest BCUT2D eigenvalue weighted by molar-refractivity contribution is 7.89. The molecule has 1 fully saturated rings. The molecule has 0 spiro atoms. The van der Waals surface area contributed by atoms with Crippen LogP contribution in [0.15, 0.2) is 23.2 Å². The van der Waals surface area contributed by atoms with Gasteiger partial charge in [0.25, 0.3) is 0 Å². The monoisotopic (exact) mass is 298 g/mol. The summed E-state index contributed by atoms with van der Waals surface area (Å²) in [6.45, 7) is 0.469. The fraction of sp³-hybridized carbons (Fsp3) is 0.615. The first-order valence-electron chi connectivity index (χ1n) is 6.64. The Morgan fingerprint density at radius 1 is 1.35 bits per heavy atom. The van der Waals surface area contributed by atoms with Crippen LogP contribution >= 0.6 is 0 Å². The Labute approximate surface area is 120 Å². The highest BCUT2D eigenvalue weighted by Crippen LogP contribution is 2.37. The summed E-state index contributed by atoms with van der Waals surface area (Å²) < 4.78 is 26.5. The molecular formula is C13H22N4O2S. The molecular weight excluding hydrogens is 276 g/mol. The Morgan fingerprint density at radius 3 is 2.45 bits per heavy atom. The zero-order chi connectivity index (χ0) is 15.0. The molecule has 1 aromatic heterocycles. The third-order valence-corrected chi connectivity index (χ3v) is 6.09. The van der Waals surface area contributed by atoms with Gasteiger partial charge in [-0.2, -0.15) is 4.31 Å². The summed E-state index contributed by atoms with van der Waals surface area (Å²) in [5.74, 6) is 0.0480. The lowest BCUT2D eigenvalue weighted by atomic mass is 9.75. The van der Waals surface area contributed by atoms with Crippen LogP contribution in [-0.2, 0) is 10.0 Å². The zero-order valence-corrected chi connectivity index (χ0v) is 13.0. The number of nitrogen functional groups attached to an aromatic ring is 1. The summed E-state index contributed by atoms with van der Waals surface area (Å²) in [6.07, 6.45) is 4.66. The van der Waals surface area contributed by atoms with E-state index in [2.05, 4.69) is 9.88 Å². The van der Waals surface area contributed by atoms with E-state index in [1.165, 1.54) is 16.6 Å². The molecule has 7 heteroatoms. The maximum absolute atomic E-state index is 12.6. The number of aromatic nitrogens is 1. The first kappa shape index (κ1) is 15.2. The number of likely N-dealkylation sites (N-methyl/N-ethyl adjacent to an activating group) is 2. The van der Waals surface area contributed by atoms with Crippen LogP contribution in [0.3, 0.4) is 0 Å². The molecule has 1 aromatic rings. The van der Waals surface area contributed by atoms with E-state index >= 15 is 0 Å². The van der Waals surface area contributed by atoms with Gasteiger partial charge in [-0.3, -0.25) is 0 Å². The fourth-order valence-corrected chi connectivity index (χ4v) is 3.93. The molecule has 0 atom stereocenters. The van der Waals surface area contributed by atoms with E-state index in [1.54, 1.807) is 13.1 Å². The number of sulfonamides is 1. The van der Waals surface area contributed by atoms with Gasteiger partial charge in [-0.1, -0.05) is 0 Å². The van der Waals surface area contributed by atoms with E-state index in [-0.39, 0.29) is 16.3 Å². The number of nitrogens with zero attached hydrogens (tertiary/aromatic N) is 3. The smallest absolute Gasteiger partial charge is 0.246 e. The Hall–Kier alpha value is -1.18. The third-order valence-electron chi connectivity index (χ3n) is 4.24. The molecule has 0 aromatic carbocycles. The molecule has 0 saturated heterocycles. The Bertz CT molecular complexity index is 582. The van der Waals surface area contributed by atoms with Crippen LogP contribution < -0.4 is 5.73 Å². The molecule has 112 valence electrons. The van der Waals surface area contributed by atoms with Crippen LogP contribution in [0.2, 0.25) is 0 Å².